The lowest BCUT2D eigenvalue weighted by atomic mass is 10.0. The van der Waals surface area contributed by atoms with Gasteiger partial charge in [-0.25, -0.2) is 0 Å². The van der Waals surface area contributed by atoms with E-state index in [0.717, 1.165) is 0 Å². The predicted octanol–water partition coefficient (Wildman–Crippen LogP) is 0.530. The third kappa shape index (κ3) is 3.30. The lowest BCUT2D eigenvalue weighted by Crippen LogP contribution is -2.40. The van der Waals surface area contributed by atoms with Crippen molar-refractivity contribution in [1.29, 1.82) is 0 Å². The zero-order valence-corrected chi connectivity index (χ0v) is 10.0. The number of carbonyl (C=O) groups is 2. The van der Waals surface area contributed by atoms with Gasteiger partial charge in [-0.2, -0.15) is 0 Å². The molecule has 0 radical (unpaired) electrons. The Bertz CT molecular complexity index is 397. The molecule has 0 fully saturated rings. The average Bonchev–Trinajstić information content (AvgIpc) is 2.22. The summed E-state index contributed by atoms with van der Waals surface area (Å²) < 4.78 is 16.2. The molecule has 2 atom stereocenters. The molecule has 8 heteroatoms. The second-order valence-corrected chi connectivity index (χ2v) is 5.41. The monoisotopic (exact) mass is 264 g/mol. The van der Waals surface area contributed by atoms with E-state index in [0.29, 0.717) is 0 Å². The molecule has 0 amide bonds. The molecule has 0 spiro atoms. The van der Waals surface area contributed by atoms with Crippen LogP contribution in [0.3, 0.4) is 0 Å². The lowest BCUT2D eigenvalue weighted by Gasteiger charge is -2.29. The van der Waals surface area contributed by atoms with Gasteiger partial charge in [0.05, 0.1) is 6.42 Å². The van der Waals surface area contributed by atoms with Crippen molar-refractivity contribution in [3.05, 3.63) is 0 Å². The number of hydrogen-bond acceptors (Lipinski definition) is 4. The average molecular weight is 264 g/mol. The highest BCUT2D eigenvalue weighted by Crippen LogP contribution is 2.58. The normalized spacial score (nSPS) is 17.5. The van der Waals surface area contributed by atoms with Gasteiger partial charge in [-0.05, 0) is 6.42 Å². The van der Waals surface area contributed by atoms with Gasteiger partial charge >= 0.3 is 19.5 Å². The maximum absolute atomic E-state index is 11.8. The third-order valence-corrected chi connectivity index (χ3v) is 4.52. The molecule has 2 unspecified atom stereocenters. The summed E-state index contributed by atoms with van der Waals surface area (Å²) in [6.45, 7) is 0.724. The minimum Gasteiger partial charge on any atom is -0.481 e. The van der Waals surface area contributed by atoms with E-state index in [1.54, 1.807) is 0 Å². The van der Waals surface area contributed by atoms with E-state index in [1.807, 2.05) is 5.92 Å². The van der Waals surface area contributed by atoms with Gasteiger partial charge < -0.3 is 15.1 Å². The fraction of sp³-hybridized carbons (Fsp3) is 0.556. The van der Waals surface area contributed by atoms with E-state index in [2.05, 4.69) is 4.52 Å². The Morgan fingerprint density at radius 2 is 2.00 bits per heavy atom. The predicted molar refractivity (Wildman–Crippen MR) is 57.5 cm³/mol. The molecule has 0 rings (SSSR count). The van der Waals surface area contributed by atoms with Crippen LogP contribution in [0.5, 0.6) is 0 Å². The molecule has 3 N–H and O–H groups in total. The first-order valence-electron chi connectivity index (χ1n) is 4.59. The molecule has 0 aliphatic rings. The molecule has 0 aliphatic carbocycles. The molecule has 0 aromatic carbocycles. The molecular formula is C9H13O7P. The summed E-state index contributed by atoms with van der Waals surface area (Å²) in [5.74, 6) is -1.29. The molecular weight excluding hydrogens is 251 g/mol. The first-order valence-corrected chi connectivity index (χ1v) is 6.17. The Balaban J connectivity index is 5.44. The fourth-order valence-electron chi connectivity index (χ4n) is 1.27. The summed E-state index contributed by atoms with van der Waals surface area (Å²) in [6.07, 6.45) is 3.44. The molecule has 17 heavy (non-hydrogen) atoms. The van der Waals surface area contributed by atoms with Crippen molar-refractivity contribution in [2.75, 3.05) is 6.61 Å². The van der Waals surface area contributed by atoms with E-state index in [9.17, 15) is 19.0 Å². The Kier molecular flexibility index (Phi) is 5.36. The van der Waals surface area contributed by atoms with Gasteiger partial charge in [0.1, 0.15) is 6.61 Å². The number of hydrogen-bond donors (Lipinski definition) is 3. The van der Waals surface area contributed by atoms with Crippen LogP contribution in [0, 0.1) is 12.3 Å². The van der Waals surface area contributed by atoms with Crippen molar-refractivity contribution in [2.45, 2.75) is 24.9 Å². The largest absolute Gasteiger partial charge is 0.481 e. The van der Waals surface area contributed by atoms with Crippen LogP contribution in [0.25, 0.3) is 0 Å². The van der Waals surface area contributed by atoms with Crippen LogP contribution in [-0.2, 0) is 18.7 Å². The lowest BCUT2D eigenvalue weighted by molar-refractivity contribution is -0.147. The summed E-state index contributed by atoms with van der Waals surface area (Å²) in [5.41, 5.74) is 0. The first kappa shape index (κ1) is 15.7. The van der Waals surface area contributed by atoms with E-state index < -0.39 is 37.7 Å². The first-order chi connectivity index (χ1) is 7.73. The van der Waals surface area contributed by atoms with Crippen LogP contribution in [0.4, 0.5) is 0 Å². The Morgan fingerprint density at radius 1 is 1.47 bits per heavy atom. The second kappa shape index (κ2) is 5.82. The van der Waals surface area contributed by atoms with Crippen molar-refractivity contribution in [3.63, 3.8) is 0 Å². The Labute approximate surface area is 97.9 Å². The van der Waals surface area contributed by atoms with Crippen LogP contribution in [0.2, 0.25) is 0 Å². The topological polar surface area (TPSA) is 121 Å². The van der Waals surface area contributed by atoms with E-state index >= 15 is 0 Å². The summed E-state index contributed by atoms with van der Waals surface area (Å²) in [6, 6.07) is 0. The van der Waals surface area contributed by atoms with Crippen LogP contribution < -0.4 is 0 Å². The molecule has 0 saturated carbocycles. The smallest absolute Gasteiger partial charge is 0.346 e. The van der Waals surface area contributed by atoms with Crippen molar-refractivity contribution < 1.29 is 33.8 Å². The highest BCUT2D eigenvalue weighted by Gasteiger charge is 2.55. The van der Waals surface area contributed by atoms with Crippen LogP contribution >= 0.6 is 7.60 Å². The molecule has 96 valence electrons. The number of terminal acetylenes is 1. The minimum atomic E-state index is -4.68. The summed E-state index contributed by atoms with van der Waals surface area (Å²) in [7, 11) is -4.68. The molecule has 0 bridgehead atoms. The van der Waals surface area contributed by atoms with Crippen molar-refractivity contribution in [3.8, 4) is 12.3 Å². The quantitative estimate of drug-likeness (QED) is 0.453. The standard InChI is InChI=1S/C9H13O7P/c1-3-5-16-17(14,15)9(4-2,8(12)13)6-7(10)11/h1H,4-6H2,2H3,(H,10,11)(H,12,13)(H,14,15). The third-order valence-electron chi connectivity index (χ3n) is 2.29. The van der Waals surface area contributed by atoms with Crippen LogP contribution in [0.1, 0.15) is 19.8 Å². The van der Waals surface area contributed by atoms with Crippen molar-refractivity contribution in [2.24, 2.45) is 0 Å². The van der Waals surface area contributed by atoms with Crippen LogP contribution in [0.15, 0.2) is 0 Å². The van der Waals surface area contributed by atoms with Crippen LogP contribution in [-0.4, -0.2) is 38.8 Å². The Hall–Kier alpha value is -1.35. The van der Waals surface area contributed by atoms with Crippen molar-refractivity contribution in [1.82, 2.24) is 0 Å². The zero-order valence-electron chi connectivity index (χ0n) is 9.12. The summed E-state index contributed by atoms with van der Waals surface area (Å²) in [4.78, 5) is 31.2. The SMILES string of the molecule is C#CCOP(=O)(O)C(CC)(CC(=O)O)C(=O)O. The van der Waals surface area contributed by atoms with Gasteiger partial charge in [-0.1, -0.05) is 12.8 Å². The fourth-order valence-corrected chi connectivity index (χ4v) is 2.74. The summed E-state index contributed by atoms with van der Waals surface area (Å²) in [5, 5.41) is 15.2. The number of rotatable bonds is 7. The molecule has 0 saturated heterocycles. The number of carboxylic acid groups (broad SMARTS) is 2. The maximum atomic E-state index is 11.8. The molecule has 0 aromatic rings. The Morgan fingerprint density at radius 3 is 2.29 bits per heavy atom. The van der Waals surface area contributed by atoms with E-state index in [1.165, 1.54) is 6.92 Å². The summed E-state index contributed by atoms with van der Waals surface area (Å²) >= 11 is 0. The van der Waals surface area contributed by atoms with Gasteiger partial charge in [0.2, 0.25) is 0 Å². The zero-order chi connectivity index (χ0) is 13.7. The highest BCUT2D eigenvalue weighted by atomic mass is 31.2. The number of carboxylic acids is 2. The van der Waals surface area contributed by atoms with Gasteiger partial charge in [0.25, 0.3) is 0 Å². The molecule has 0 heterocycles. The van der Waals surface area contributed by atoms with Gasteiger partial charge in [0, 0.05) is 0 Å². The van der Waals surface area contributed by atoms with Gasteiger partial charge in [-0.3, -0.25) is 18.7 Å². The second-order valence-electron chi connectivity index (χ2n) is 3.26. The minimum absolute atomic E-state index is 0.368. The maximum Gasteiger partial charge on any atom is 0.346 e. The highest BCUT2D eigenvalue weighted by molar-refractivity contribution is 7.55. The van der Waals surface area contributed by atoms with Gasteiger partial charge in [0.15, 0.2) is 5.16 Å². The van der Waals surface area contributed by atoms with Gasteiger partial charge in [-0.15, -0.1) is 6.42 Å². The van der Waals surface area contributed by atoms with E-state index in [4.69, 9.17) is 16.6 Å². The van der Waals surface area contributed by atoms with Crippen molar-refractivity contribution >= 4 is 19.5 Å². The number of aliphatic carboxylic acids is 2. The molecule has 0 aliphatic heterocycles. The molecule has 0 aromatic heterocycles. The molecule has 7 nitrogen and oxygen atoms in total. The van der Waals surface area contributed by atoms with E-state index in [-0.39, 0.29) is 6.42 Å².